The van der Waals surface area contributed by atoms with Crippen LogP contribution in [0, 0.1) is 0 Å². The maximum atomic E-state index is 12.7. The van der Waals surface area contributed by atoms with E-state index in [-0.39, 0.29) is 33.2 Å². The molecule has 0 aliphatic heterocycles. The van der Waals surface area contributed by atoms with Crippen LogP contribution >= 0.6 is 23.2 Å². The molecule has 0 radical (unpaired) electrons. The van der Waals surface area contributed by atoms with Gasteiger partial charge >= 0.3 is 0 Å². The molecule has 2 aromatic heterocycles. The molecule has 0 aliphatic rings. The third-order valence-electron chi connectivity index (χ3n) is 3.52. The summed E-state index contributed by atoms with van der Waals surface area (Å²) >= 11 is 11.9. The van der Waals surface area contributed by atoms with Crippen molar-refractivity contribution >= 4 is 39.0 Å². The van der Waals surface area contributed by atoms with Crippen LogP contribution < -0.4 is 14.8 Å². The molecule has 0 unspecified atom stereocenters. The highest BCUT2D eigenvalue weighted by Gasteiger charge is 2.22. The zero-order valence-electron chi connectivity index (χ0n) is 14.6. The van der Waals surface area contributed by atoms with Gasteiger partial charge in [0.2, 0.25) is 5.82 Å². The molecule has 3 rings (SSSR count). The minimum absolute atomic E-state index is 0.00390. The molecule has 8 nitrogen and oxygen atoms in total. The molecule has 0 atom stereocenters. The first-order valence-corrected chi connectivity index (χ1v) is 10.3. The van der Waals surface area contributed by atoms with E-state index in [1.807, 2.05) is 13.1 Å². The largest absolute Gasteiger partial charge is 0.467 e. The van der Waals surface area contributed by atoms with Crippen LogP contribution in [0.1, 0.15) is 11.5 Å². The van der Waals surface area contributed by atoms with Gasteiger partial charge in [-0.2, -0.15) is 0 Å². The molecule has 28 heavy (non-hydrogen) atoms. The summed E-state index contributed by atoms with van der Waals surface area (Å²) in [5.41, 5.74) is 0. The number of rotatable bonds is 8. The highest BCUT2D eigenvalue weighted by atomic mass is 35.5. The summed E-state index contributed by atoms with van der Waals surface area (Å²) in [7, 11) is -2.25. The number of aromatic nitrogens is 2. The van der Waals surface area contributed by atoms with Gasteiger partial charge in [0.15, 0.2) is 0 Å². The molecule has 1 aromatic carbocycles. The predicted molar refractivity (Wildman–Crippen MR) is 105 cm³/mol. The van der Waals surface area contributed by atoms with E-state index >= 15 is 0 Å². The average molecular weight is 443 g/mol. The van der Waals surface area contributed by atoms with Gasteiger partial charge in [-0.05, 0) is 31.3 Å². The van der Waals surface area contributed by atoms with Crippen LogP contribution in [0.25, 0.3) is 0 Å². The molecule has 148 valence electrons. The lowest BCUT2D eigenvalue weighted by Gasteiger charge is -2.12. The lowest BCUT2D eigenvalue weighted by atomic mass is 10.4. The fraction of sp³-hybridized carbons (Fsp3) is 0.176. The quantitative estimate of drug-likeness (QED) is 0.549. The molecule has 0 amide bonds. The van der Waals surface area contributed by atoms with Crippen LogP contribution in [-0.4, -0.2) is 25.4 Å². The molecule has 0 bridgehead atoms. The number of halogens is 2. The molecule has 0 saturated carbocycles. The van der Waals surface area contributed by atoms with Crippen molar-refractivity contribution < 1.29 is 17.6 Å². The summed E-state index contributed by atoms with van der Waals surface area (Å²) in [5.74, 6) is 1.22. The van der Waals surface area contributed by atoms with Crippen molar-refractivity contribution in [3.63, 3.8) is 0 Å². The minimum atomic E-state index is -4.06. The first kappa shape index (κ1) is 20.4. The number of hydrogen-bond donors (Lipinski definition) is 2. The number of furan rings is 1. The molecule has 11 heteroatoms. The van der Waals surface area contributed by atoms with Crippen molar-refractivity contribution in [3.05, 3.63) is 64.3 Å². The normalized spacial score (nSPS) is 11.4. The van der Waals surface area contributed by atoms with Crippen LogP contribution in [0.4, 0.5) is 5.82 Å². The second kappa shape index (κ2) is 8.78. The van der Waals surface area contributed by atoms with Crippen molar-refractivity contribution in [2.75, 3.05) is 11.8 Å². The molecule has 2 N–H and O–H groups in total. The summed E-state index contributed by atoms with van der Waals surface area (Å²) in [4.78, 5) is 7.84. The molecule has 2 heterocycles. The van der Waals surface area contributed by atoms with Crippen molar-refractivity contribution in [1.29, 1.82) is 0 Å². The Labute approximate surface area is 171 Å². The van der Waals surface area contributed by atoms with Crippen molar-refractivity contribution in [1.82, 2.24) is 15.3 Å². The molecule has 0 fully saturated rings. The second-order valence-corrected chi connectivity index (χ2v) is 7.99. The van der Waals surface area contributed by atoms with Crippen molar-refractivity contribution in [2.24, 2.45) is 0 Å². The number of nitrogens with one attached hydrogen (secondary N) is 2. The molecular weight excluding hydrogens is 427 g/mol. The van der Waals surface area contributed by atoms with E-state index in [0.29, 0.717) is 12.3 Å². The zero-order chi connectivity index (χ0) is 20.1. The monoisotopic (exact) mass is 442 g/mol. The standard InChI is InChI=1S/C17H16Cl2N4O4S/c1-20-9-11-5-6-12(27-11)10-26-17-16(21-7-8-22-17)23-28(24,25)14-4-2-3-13(18)15(14)19/h2-8,20H,9-10H2,1H3,(H,21,23). The van der Waals surface area contributed by atoms with E-state index < -0.39 is 10.0 Å². The zero-order valence-corrected chi connectivity index (χ0v) is 17.0. The maximum absolute atomic E-state index is 12.7. The topological polar surface area (TPSA) is 106 Å². The highest BCUT2D eigenvalue weighted by Crippen LogP contribution is 2.31. The van der Waals surface area contributed by atoms with Crippen LogP contribution in [0.2, 0.25) is 10.0 Å². The van der Waals surface area contributed by atoms with Gasteiger partial charge < -0.3 is 14.5 Å². The predicted octanol–water partition coefficient (Wildman–Crippen LogP) is 3.48. The number of sulfonamides is 1. The van der Waals surface area contributed by atoms with E-state index in [9.17, 15) is 8.42 Å². The van der Waals surface area contributed by atoms with Crippen molar-refractivity contribution in [3.8, 4) is 5.88 Å². The Hall–Kier alpha value is -2.33. The molecule has 0 saturated heterocycles. The molecule has 0 aliphatic carbocycles. The Balaban J connectivity index is 1.79. The molecule has 0 spiro atoms. The minimum Gasteiger partial charge on any atom is -0.467 e. The first-order chi connectivity index (χ1) is 13.4. The van der Waals surface area contributed by atoms with Gasteiger partial charge in [-0.3, -0.25) is 4.72 Å². The average Bonchev–Trinajstić information content (AvgIpc) is 3.11. The van der Waals surface area contributed by atoms with Crippen LogP contribution in [0.15, 0.2) is 52.0 Å². The van der Waals surface area contributed by atoms with Crippen LogP contribution in [0.3, 0.4) is 0 Å². The van der Waals surface area contributed by atoms with E-state index in [1.54, 1.807) is 6.07 Å². The Kier molecular flexibility index (Phi) is 6.40. The van der Waals surface area contributed by atoms with E-state index in [1.165, 1.54) is 30.6 Å². The second-order valence-electron chi connectivity index (χ2n) is 5.55. The number of ether oxygens (including phenoxy) is 1. The summed E-state index contributed by atoms with van der Waals surface area (Å²) in [5, 5.41) is 3.01. The third kappa shape index (κ3) is 4.74. The number of hydrogen-bond acceptors (Lipinski definition) is 7. The van der Waals surface area contributed by atoms with Gasteiger partial charge in [0.1, 0.15) is 23.0 Å². The number of benzene rings is 1. The van der Waals surface area contributed by atoms with Gasteiger partial charge in [0.05, 0.1) is 16.6 Å². The smallest absolute Gasteiger partial charge is 0.264 e. The van der Waals surface area contributed by atoms with Gasteiger partial charge in [-0.15, -0.1) is 0 Å². The van der Waals surface area contributed by atoms with E-state index in [4.69, 9.17) is 32.4 Å². The number of nitrogens with zero attached hydrogens (tertiary/aromatic N) is 2. The lowest BCUT2D eigenvalue weighted by molar-refractivity contribution is 0.257. The van der Waals surface area contributed by atoms with Gasteiger partial charge in [-0.1, -0.05) is 29.3 Å². The summed E-state index contributed by atoms with van der Waals surface area (Å²) < 4.78 is 38.8. The third-order valence-corrected chi connectivity index (χ3v) is 5.83. The van der Waals surface area contributed by atoms with Crippen molar-refractivity contribution in [2.45, 2.75) is 18.0 Å². The molecular formula is C17H16Cl2N4O4S. The Bertz CT molecular complexity index is 1070. The van der Waals surface area contributed by atoms with E-state index in [0.717, 1.165) is 5.76 Å². The summed E-state index contributed by atoms with van der Waals surface area (Å²) in [6, 6.07) is 7.89. The summed E-state index contributed by atoms with van der Waals surface area (Å²) in [6.07, 6.45) is 2.72. The Morgan fingerprint density at radius 1 is 1.11 bits per heavy atom. The lowest BCUT2D eigenvalue weighted by Crippen LogP contribution is -2.16. The first-order valence-electron chi connectivity index (χ1n) is 8.03. The van der Waals surface area contributed by atoms with Crippen LogP contribution in [0.5, 0.6) is 5.88 Å². The fourth-order valence-electron chi connectivity index (χ4n) is 2.28. The SMILES string of the molecule is CNCc1ccc(COc2nccnc2NS(=O)(=O)c2cccc(Cl)c2Cl)o1. The van der Waals surface area contributed by atoms with Crippen LogP contribution in [-0.2, 0) is 23.2 Å². The van der Waals surface area contributed by atoms with E-state index in [2.05, 4.69) is 20.0 Å². The Morgan fingerprint density at radius 2 is 1.86 bits per heavy atom. The fourth-order valence-corrected chi connectivity index (χ4v) is 4.05. The van der Waals surface area contributed by atoms with Gasteiger partial charge in [0.25, 0.3) is 15.9 Å². The van der Waals surface area contributed by atoms with Gasteiger partial charge in [0, 0.05) is 12.4 Å². The highest BCUT2D eigenvalue weighted by molar-refractivity contribution is 7.92. The molecule has 3 aromatic rings. The van der Waals surface area contributed by atoms with Gasteiger partial charge in [-0.25, -0.2) is 18.4 Å². The Morgan fingerprint density at radius 3 is 2.64 bits per heavy atom. The maximum Gasteiger partial charge on any atom is 0.264 e. The summed E-state index contributed by atoms with van der Waals surface area (Å²) in [6.45, 7) is 0.631. The number of anilines is 1.